The molecule has 1 saturated carbocycles. The van der Waals surface area contributed by atoms with E-state index < -0.39 is 18.3 Å². The van der Waals surface area contributed by atoms with Gasteiger partial charge in [-0.2, -0.15) is 0 Å². The number of rotatable bonds is 6. The van der Waals surface area contributed by atoms with Crippen molar-refractivity contribution in [2.24, 2.45) is 5.41 Å². The number of aryl methyl sites for hydroxylation is 1. The number of hydrogen-bond donors (Lipinski definition) is 4. The van der Waals surface area contributed by atoms with Gasteiger partial charge in [-0.3, -0.25) is 14.9 Å². The number of hydrogen-bond acceptors (Lipinski definition) is 6. The summed E-state index contributed by atoms with van der Waals surface area (Å²) in [4.78, 5) is 29.7. The first-order chi connectivity index (χ1) is 16.9. The molecule has 1 aromatic carbocycles. The van der Waals surface area contributed by atoms with E-state index in [-0.39, 0.29) is 35.5 Å². The van der Waals surface area contributed by atoms with Crippen LogP contribution in [0.5, 0.6) is 0 Å². The van der Waals surface area contributed by atoms with Gasteiger partial charge in [-0.1, -0.05) is 37.1 Å². The van der Waals surface area contributed by atoms with Gasteiger partial charge in [0, 0.05) is 17.9 Å². The standard InChI is InChI=1S/C27H40N4O4/c1-17(28-2)24(32)30-21-12-15-35-22-16-27(13-5-6-14-27)23(31(22)26(21)34)25(33)29-20-11-7-9-18-8-3-4-10-19(18)20/h3-4,8,10,17,20-24,28,30,32H,5-7,9,11-16H2,1-2H3,(H,29,33)/t17-,20?,21-,22?,23?,24?/m0/s1. The second-order valence-corrected chi connectivity index (χ2v) is 10.9. The Labute approximate surface area is 208 Å². The Kier molecular flexibility index (Phi) is 7.17. The molecular formula is C27H40N4O4. The second kappa shape index (κ2) is 10.2. The average Bonchev–Trinajstić information content (AvgIpc) is 3.43. The molecule has 4 N–H and O–H groups in total. The van der Waals surface area contributed by atoms with Crippen molar-refractivity contribution in [1.29, 1.82) is 0 Å². The van der Waals surface area contributed by atoms with Crippen molar-refractivity contribution < 1.29 is 19.4 Å². The number of aliphatic hydroxyl groups is 1. The lowest BCUT2D eigenvalue weighted by Gasteiger charge is -2.37. The van der Waals surface area contributed by atoms with Crippen LogP contribution in [0.25, 0.3) is 0 Å². The minimum absolute atomic E-state index is 0.0276. The maximum absolute atomic E-state index is 14.0. The largest absolute Gasteiger partial charge is 0.377 e. The summed E-state index contributed by atoms with van der Waals surface area (Å²) in [6, 6.07) is 6.98. The average molecular weight is 485 g/mol. The highest BCUT2D eigenvalue weighted by Gasteiger charge is 2.59. The van der Waals surface area contributed by atoms with Gasteiger partial charge >= 0.3 is 0 Å². The summed E-state index contributed by atoms with van der Waals surface area (Å²) in [6.07, 6.45) is 6.93. The highest BCUT2D eigenvalue weighted by Crippen LogP contribution is 2.53. The van der Waals surface area contributed by atoms with Crippen molar-refractivity contribution in [1.82, 2.24) is 20.9 Å². The lowest BCUT2D eigenvalue weighted by Crippen LogP contribution is -2.59. The zero-order valence-corrected chi connectivity index (χ0v) is 21.0. The Morgan fingerprint density at radius 1 is 1.17 bits per heavy atom. The summed E-state index contributed by atoms with van der Waals surface area (Å²) in [7, 11) is 1.78. The van der Waals surface area contributed by atoms with Crippen molar-refractivity contribution in [3.8, 4) is 0 Å². The van der Waals surface area contributed by atoms with Crippen LogP contribution in [-0.2, 0) is 20.7 Å². The van der Waals surface area contributed by atoms with Crippen LogP contribution in [0.3, 0.4) is 0 Å². The number of carbonyl (C=O) groups is 2. The first kappa shape index (κ1) is 24.7. The molecule has 5 rings (SSSR count). The number of nitrogens with zero attached hydrogens (tertiary/aromatic N) is 1. The van der Waals surface area contributed by atoms with E-state index in [4.69, 9.17) is 4.74 Å². The SMILES string of the molecule is CN[C@@H](C)C(O)N[C@H]1CCOC2CC3(CCCC3)C(C(=O)NC3CCCc4ccccc43)N2C1=O. The molecule has 6 atom stereocenters. The number of carbonyl (C=O) groups excluding carboxylic acids is 2. The molecule has 1 spiro atoms. The van der Waals surface area contributed by atoms with E-state index in [1.165, 1.54) is 11.1 Å². The fraction of sp³-hybridized carbons (Fsp3) is 0.704. The minimum atomic E-state index is -0.875. The van der Waals surface area contributed by atoms with E-state index in [1.807, 2.05) is 13.0 Å². The summed E-state index contributed by atoms with van der Waals surface area (Å²) in [5.41, 5.74) is 2.26. The van der Waals surface area contributed by atoms with Crippen molar-refractivity contribution in [2.75, 3.05) is 13.7 Å². The maximum Gasteiger partial charge on any atom is 0.243 e. The molecule has 8 heteroatoms. The van der Waals surface area contributed by atoms with Crippen LogP contribution in [0.4, 0.5) is 0 Å². The predicted octanol–water partition coefficient (Wildman–Crippen LogP) is 1.97. The van der Waals surface area contributed by atoms with Gasteiger partial charge in [-0.15, -0.1) is 0 Å². The Balaban J connectivity index is 1.41. The topological polar surface area (TPSA) is 103 Å². The van der Waals surface area contributed by atoms with Gasteiger partial charge in [0.2, 0.25) is 11.8 Å². The summed E-state index contributed by atoms with van der Waals surface area (Å²) in [6.45, 7) is 2.28. The summed E-state index contributed by atoms with van der Waals surface area (Å²) in [5, 5.41) is 20.0. The van der Waals surface area contributed by atoms with Gasteiger partial charge < -0.3 is 25.4 Å². The van der Waals surface area contributed by atoms with Crippen LogP contribution in [0.1, 0.15) is 75.5 Å². The zero-order valence-electron chi connectivity index (χ0n) is 21.0. The monoisotopic (exact) mass is 484 g/mol. The molecular weight excluding hydrogens is 444 g/mol. The number of likely N-dealkylation sites (N-methyl/N-ethyl adjacent to an activating group) is 1. The van der Waals surface area contributed by atoms with Crippen molar-refractivity contribution in [2.45, 2.75) is 101 Å². The highest BCUT2D eigenvalue weighted by molar-refractivity contribution is 5.92. The number of aliphatic hydroxyl groups excluding tert-OH is 1. The Morgan fingerprint density at radius 3 is 2.71 bits per heavy atom. The second-order valence-electron chi connectivity index (χ2n) is 10.9. The lowest BCUT2D eigenvalue weighted by molar-refractivity contribution is -0.150. The predicted molar refractivity (Wildman–Crippen MR) is 132 cm³/mol. The van der Waals surface area contributed by atoms with Crippen LogP contribution >= 0.6 is 0 Å². The maximum atomic E-state index is 14.0. The molecule has 2 heterocycles. The van der Waals surface area contributed by atoms with E-state index in [1.54, 1.807) is 11.9 Å². The summed E-state index contributed by atoms with van der Waals surface area (Å²) in [5.74, 6) is -0.194. The van der Waals surface area contributed by atoms with Gasteiger partial charge in [-0.05, 0) is 63.6 Å². The summed E-state index contributed by atoms with van der Waals surface area (Å²) < 4.78 is 6.20. The molecule has 0 bridgehead atoms. The van der Waals surface area contributed by atoms with E-state index in [0.29, 0.717) is 19.4 Å². The fourth-order valence-electron chi connectivity index (χ4n) is 6.83. The van der Waals surface area contributed by atoms with Crippen LogP contribution in [0, 0.1) is 5.41 Å². The Hall–Kier alpha value is -2.00. The van der Waals surface area contributed by atoms with Gasteiger partial charge in [0.25, 0.3) is 0 Å². The van der Waals surface area contributed by atoms with Gasteiger partial charge in [-0.25, -0.2) is 0 Å². The van der Waals surface area contributed by atoms with Gasteiger partial charge in [0.1, 0.15) is 18.5 Å². The number of benzene rings is 1. The minimum Gasteiger partial charge on any atom is -0.377 e. The third-order valence-corrected chi connectivity index (χ3v) is 8.85. The molecule has 2 aliphatic heterocycles. The molecule has 1 aromatic rings. The molecule has 0 aromatic heterocycles. The molecule has 2 saturated heterocycles. The molecule has 0 radical (unpaired) electrons. The molecule has 3 fully saturated rings. The molecule has 2 amide bonds. The van der Waals surface area contributed by atoms with Crippen molar-refractivity contribution >= 4 is 11.8 Å². The molecule has 192 valence electrons. The first-order valence-corrected chi connectivity index (χ1v) is 13.4. The van der Waals surface area contributed by atoms with Crippen LogP contribution in [0.2, 0.25) is 0 Å². The van der Waals surface area contributed by atoms with Crippen LogP contribution in [0.15, 0.2) is 24.3 Å². The number of amides is 2. The molecule has 8 nitrogen and oxygen atoms in total. The smallest absolute Gasteiger partial charge is 0.243 e. The van der Waals surface area contributed by atoms with Crippen molar-refractivity contribution in [3.05, 3.63) is 35.4 Å². The lowest BCUT2D eigenvalue weighted by atomic mass is 9.77. The number of fused-ring (bicyclic) bond motifs is 2. The molecule has 4 unspecified atom stereocenters. The molecule has 4 aliphatic rings. The van der Waals surface area contributed by atoms with E-state index >= 15 is 0 Å². The normalized spacial score (nSPS) is 31.5. The van der Waals surface area contributed by atoms with E-state index in [0.717, 1.165) is 44.9 Å². The quantitative estimate of drug-likeness (QED) is 0.461. The fourth-order valence-corrected chi connectivity index (χ4v) is 6.83. The Bertz CT molecular complexity index is 934. The molecule has 35 heavy (non-hydrogen) atoms. The van der Waals surface area contributed by atoms with Crippen LogP contribution < -0.4 is 16.0 Å². The zero-order chi connectivity index (χ0) is 24.6. The van der Waals surface area contributed by atoms with Crippen molar-refractivity contribution in [3.63, 3.8) is 0 Å². The summed E-state index contributed by atoms with van der Waals surface area (Å²) >= 11 is 0. The first-order valence-electron chi connectivity index (χ1n) is 13.4. The van der Waals surface area contributed by atoms with Crippen LogP contribution in [-0.4, -0.2) is 66.1 Å². The molecule has 2 aliphatic carbocycles. The third-order valence-electron chi connectivity index (χ3n) is 8.85. The van der Waals surface area contributed by atoms with E-state index in [2.05, 4.69) is 34.1 Å². The Morgan fingerprint density at radius 2 is 1.94 bits per heavy atom. The van der Waals surface area contributed by atoms with Gasteiger partial charge in [0.15, 0.2) is 0 Å². The van der Waals surface area contributed by atoms with Gasteiger partial charge in [0.05, 0.1) is 18.7 Å². The number of ether oxygens (including phenoxy) is 1. The third kappa shape index (κ3) is 4.61. The highest BCUT2D eigenvalue weighted by atomic mass is 16.5. The number of nitrogens with one attached hydrogen (secondary N) is 3. The van der Waals surface area contributed by atoms with E-state index in [9.17, 15) is 14.7 Å².